The molecule has 4 nitrogen and oxygen atoms in total. The molecule has 0 saturated heterocycles. The van der Waals surface area contributed by atoms with Gasteiger partial charge < -0.3 is 14.6 Å². The molecule has 0 spiro atoms. The van der Waals surface area contributed by atoms with E-state index in [1.165, 1.54) is 6.07 Å². The quantitative estimate of drug-likeness (QED) is 0.931. The number of ether oxygens (including phenoxy) is 2. The number of rotatable bonds is 4. The van der Waals surface area contributed by atoms with Crippen LogP contribution in [0.25, 0.3) is 11.1 Å². The predicted octanol–water partition coefficient (Wildman–Crippen LogP) is 3.69. The van der Waals surface area contributed by atoms with Crippen molar-refractivity contribution in [3.05, 3.63) is 47.0 Å². The second-order valence-electron chi connectivity index (χ2n) is 4.86. The van der Waals surface area contributed by atoms with Gasteiger partial charge in [0.05, 0.1) is 19.8 Å². The van der Waals surface area contributed by atoms with Crippen LogP contribution in [0.2, 0.25) is 0 Å². The van der Waals surface area contributed by atoms with Crippen LogP contribution >= 0.6 is 0 Å². The Morgan fingerprint density at radius 1 is 0.905 bits per heavy atom. The largest absolute Gasteiger partial charge is 0.496 e. The number of hydrogen-bond acceptors (Lipinski definition) is 3. The lowest BCUT2D eigenvalue weighted by atomic mass is 9.95. The third-order valence-corrected chi connectivity index (χ3v) is 3.48. The molecule has 0 aliphatic heterocycles. The molecule has 21 heavy (non-hydrogen) atoms. The molecule has 2 aromatic carbocycles. The van der Waals surface area contributed by atoms with E-state index in [0.29, 0.717) is 5.75 Å². The van der Waals surface area contributed by atoms with Gasteiger partial charge in [-0.05, 0) is 60.9 Å². The van der Waals surface area contributed by atoms with E-state index in [1.807, 2.05) is 26.0 Å². The van der Waals surface area contributed by atoms with Crippen molar-refractivity contribution in [3.63, 3.8) is 0 Å². The van der Waals surface area contributed by atoms with Gasteiger partial charge in [-0.3, -0.25) is 0 Å². The molecular weight excluding hydrogens is 268 g/mol. The molecule has 4 heteroatoms. The fourth-order valence-corrected chi connectivity index (χ4v) is 2.35. The third kappa shape index (κ3) is 2.84. The SMILES string of the molecule is COc1cc(C)c(-c2cc(C(=O)O)ccc2OC)cc1C. The predicted molar refractivity (Wildman–Crippen MR) is 81.4 cm³/mol. The van der Waals surface area contributed by atoms with Crippen LogP contribution in [0.5, 0.6) is 11.5 Å². The van der Waals surface area contributed by atoms with Crippen molar-refractivity contribution < 1.29 is 19.4 Å². The van der Waals surface area contributed by atoms with Gasteiger partial charge in [0.25, 0.3) is 0 Å². The van der Waals surface area contributed by atoms with Gasteiger partial charge >= 0.3 is 5.97 Å². The second-order valence-corrected chi connectivity index (χ2v) is 4.86. The molecule has 0 aromatic heterocycles. The summed E-state index contributed by atoms with van der Waals surface area (Å²) in [6.45, 7) is 3.92. The number of carboxylic acids is 1. The average Bonchev–Trinajstić information content (AvgIpc) is 2.48. The van der Waals surface area contributed by atoms with Gasteiger partial charge in [0.2, 0.25) is 0 Å². The van der Waals surface area contributed by atoms with Gasteiger partial charge in [0, 0.05) is 5.56 Å². The van der Waals surface area contributed by atoms with Crippen molar-refractivity contribution in [2.45, 2.75) is 13.8 Å². The van der Waals surface area contributed by atoms with Crippen LogP contribution < -0.4 is 9.47 Å². The molecule has 0 aliphatic carbocycles. The molecule has 0 amide bonds. The number of carboxylic acid groups (broad SMARTS) is 1. The summed E-state index contributed by atoms with van der Waals surface area (Å²) in [5.74, 6) is 0.499. The normalized spacial score (nSPS) is 10.3. The smallest absolute Gasteiger partial charge is 0.335 e. The number of methoxy groups -OCH3 is 2. The first-order valence-electron chi connectivity index (χ1n) is 6.55. The van der Waals surface area contributed by atoms with Crippen molar-refractivity contribution in [2.24, 2.45) is 0 Å². The summed E-state index contributed by atoms with van der Waals surface area (Å²) in [7, 11) is 3.21. The molecule has 0 heterocycles. The van der Waals surface area contributed by atoms with Gasteiger partial charge in [0.1, 0.15) is 11.5 Å². The number of hydrogen-bond donors (Lipinski definition) is 1. The molecule has 0 unspecified atom stereocenters. The van der Waals surface area contributed by atoms with Gasteiger partial charge in [-0.15, -0.1) is 0 Å². The molecule has 2 rings (SSSR count). The van der Waals surface area contributed by atoms with E-state index in [-0.39, 0.29) is 5.56 Å². The first-order valence-corrected chi connectivity index (χ1v) is 6.55. The van der Waals surface area contributed by atoms with Crippen LogP contribution in [0.15, 0.2) is 30.3 Å². The molecule has 0 bridgehead atoms. The summed E-state index contributed by atoms with van der Waals surface area (Å²) in [4.78, 5) is 11.2. The van der Waals surface area contributed by atoms with Crippen LogP contribution in [0.3, 0.4) is 0 Å². The Bertz CT molecular complexity index is 689. The van der Waals surface area contributed by atoms with E-state index in [0.717, 1.165) is 28.0 Å². The lowest BCUT2D eigenvalue weighted by molar-refractivity contribution is 0.0697. The molecular formula is C17H18O4. The Morgan fingerprint density at radius 2 is 1.57 bits per heavy atom. The van der Waals surface area contributed by atoms with Gasteiger partial charge in [-0.1, -0.05) is 0 Å². The summed E-state index contributed by atoms with van der Waals surface area (Å²) in [6.07, 6.45) is 0. The molecule has 0 aliphatic rings. The van der Waals surface area contributed by atoms with Crippen molar-refractivity contribution in [1.29, 1.82) is 0 Å². The molecule has 0 atom stereocenters. The summed E-state index contributed by atoms with van der Waals surface area (Å²) in [5, 5.41) is 9.17. The van der Waals surface area contributed by atoms with Crippen molar-refractivity contribution >= 4 is 5.97 Å². The van der Waals surface area contributed by atoms with E-state index in [1.54, 1.807) is 26.4 Å². The van der Waals surface area contributed by atoms with Gasteiger partial charge in [0.15, 0.2) is 0 Å². The van der Waals surface area contributed by atoms with Gasteiger partial charge in [-0.2, -0.15) is 0 Å². The fourth-order valence-electron chi connectivity index (χ4n) is 2.35. The van der Waals surface area contributed by atoms with Crippen LogP contribution in [0.4, 0.5) is 0 Å². The molecule has 110 valence electrons. The van der Waals surface area contributed by atoms with Crippen LogP contribution in [-0.2, 0) is 0 Å². The first-order chi connectivity index (χ1) is 9.97. The van der Waals surface area contributed by atoms with E-state index in [2.05, 4.69) is 0 Å². The number of carbonyl (C=O) groups is 1. The molecule has 0 radical (unpaired) electrons. The summed E-state index contributed by atoms with van der Waals surface area (Å²) < 4.78 is 10.7. The summed E-state index contributed by atoms with van der Waals surface area (Å²) >= 11 is 0. The Hall–Kier alpha value is -2.49. The van der Waals surface area contributed by atoms with Crippen molar-refractivity contribution in [1.82, 2.24) is 0 Å². The van der Waals surface area contributed by atoms with Crippen LogP contribution in [0.1, 0.15) is 21.5 Å². The Kier molecular flexibility index (Phi) is 4.17. The zero-order valence-electron chi connectivity index (χ0n) is 12.6. The van der Waals surface area contributed by atoms with Gasteiger partial charge in [-0.25, -0.2) is 4.79 Å². The highest BCUT2D eigenvalue weighted by molar-refractivity contribution is 5.91. The van der Waals surface area contributed by atoms with E-state index in [9.17, 15) is 4.79 Å². The number of aromatic carboxylic acids is 1. The monoisotopic (exact) mass is 286 g/mol. The Morgan fingerprint density at radius 3 is 2.14 bits per heavy atom. The number of benzene rings is 2. The summed E-state index contributed by atoms with van der Waals surface area (Å²) in [6, 6.07) is 8.78. The summed E-state index contributed by atoms with van der Waals surface area (Å²) in [5.41, 5.74) is 3.92. The topological polar surface area (TPSA) is 55.8 Å². The van der Waals surface area contributed by atoms with Crippen molar-refractivity contribution in [2.75, 3.05) is 14.2 Å². The third-order valence-electron chi connectivity index (χ3n) is 3.48. The van der Waals surface area contributed by atoms with E-state index >= 15 is 0 Å². The lowest BCUT2D eigenvalue weighted by Crippen LogP contribution is -1.99. The Balaban J connectivity index is 2.67. The molecule has 0 fully saturated rings. The van der Waals surface area contributed by atoms with Crippen molar-refractivity contribution in [3.8, 4) is 22.6 Å². The van der Waals surface area contributed by atoms with Crippen LogP contribution in [-0.4, -0.2) is 25.3 Å². The van der Waals surface area contributed by atoms with E-state index in [4.69, 9.17) is 14.6 Å². The lowest BCUT2D eigenvalue weighted by Gasteiger charge is -2.15. The maximum Gasteiger partial charge on any atom is 0.335 e. The fraction of sp³-hybridized carbons (Fsp3) is 0.235. The van der Waals surface area contributed by atoms with Crippen LogP contribution in [0, 0.1) is 13.8 Å². The first kappa shape index (κ1) is 14.9. The second kappa shape index (κ2) is 5.87. The Labute approximate surface area is 123 Å². The maximum atomic E-state index is 11.2. The zero-order valence-corrected chi connectivity index (χ0v) is 12.6. The maximum absolute atomic E-state index is 11.2. The highest BCUT2D eigenvalue weighted by Crippen LogP contribution is 2.36. The molecule has 2 aromatic rings. The minimum absolute atomic E-state index is 0.235. The molecule has 0 saturated carbocycles. The van der Waals surface area contributed by atoms with E-state index < -0.39 is 5.97 Å². The number of aryl methyl sites for hydroxylation is 2. The highest BCUT2D eigenvalue weighted by Gasteiger charge is 2.14. The minimum atomic E-state index is -0.957. The average molecular weight is 286 g/mol. The zero-order chi connectivity index (χ0) is 15.6. The highest BCUT2D eigenvalue weighted by atomic mass is 16.5. The standard InChI is InChI=1S/C17H18O4/c1-10-8-16(21-4)11(2)7-13(10)14-9-12(17(18)19)5-6-15(14)20-3/h5-9H,1-4H3,(H,18,19). The molecule has 1 N–H and O–H groups in total. The minimum Gasteiger partial charge on any atom is -0.496 e.